The Bertz CT molecular complexity index is 522. The topological polar surface area (TPSA) is 21.3 Å². The molecule has 0 fully saturated rings. The summed E-state index contributed by atoms with van der Waals surface area (Å²) < 4.78 is 5.43. The van der Waals surface area contributed by atoms with Gasteiger partial charge in [-0.2, -0.15) is 0 Å². The van der Waals surface area contributed by atoms with E-state index in [2.05, 4.69) is 24.4 Å². The quantitative estimate of drug-likeness (QED) is 0.826. The van der Waals surface area contributed by atoms with Crippen LogP contribution in [0, 0.1) is 0 Å². The number of hydrogen-bond donors (Lipinski definition) is 1. The Morgan fingerprint density at radius 3 is 2.30 bits per heavy atom. The monoisotopic (exact) mass is 289 g/mol. The molecule has 0 aliphatic carbocycles. The molecule has 2 aromatic carbocycles. The van der Waals surface area contributed by atoms with E-state index in [9.17, 15) is 0 Å². The SMILES string of the molecule is CCOc1ccc(NC(C)Cc2ccc(Cl)cc2)cc1. The van der Waals surface area contributed by atoms with Crippen molar-refractivity contribution in [3.05, 3.63) is 59.1 Å². The smallest absolute Gasteiger partial charge is 0.119 e. The molecular formula is C17H20ClNO. The summed E-state index contributed by atoms with van der Waals surface area (Å²) in [6, 6.07) is 16.4. The molecule has 1 N–H and O–H groups in total. The summed E-state index contributed by atoms with van der Waals surface area (Å²) in [7, 11) is 0. The first-order valence-electron chi connectivity index (χ1n) is 6.91. The van der Waals surface area contributed by atoms with Crippen molar-refractivity contribution in [2.45, 2.75) is 26.3 Å². The summed E-state index contributed by atoms with van der Waals surface area (Å²) in [6.07, 6.45) is 0.963. The second-order valence-corrected chi connectivity index (χ2v) is 5.27. The number of halogens is 1. The number of nitrogens with one attached hydrogen (secondary N) is 1. The summed E-state index contributed by atoms with van der Waals surface area (Å²) in [6.45, 7) is 4.85. The van der Waals surface area contributed by atoms with E-state index in [1.54, 1.807) is 0 Å². The molecule has 20 heavy (non-hydrogen) atoms. The Hall–Kier alpha value is -1.67. The van der Waals surface area contributed by atoms with Crippen LogP contribution in [0.25, 0.3) is 0 Å². The molecule has 0 radical (unpaired) electrons. The van der Waals surface area contributed by atoms with Gasteiger partial charge in [-0.25, -0.2) is 0 Å². The van der Waals surface area contributed by atoms with Crippen LogP contribution in [0.3, 0.4) is 0 Å². The number of ether oxygens (including phenoxy) is 1. The summed E-state index contributed by atoms with van der Waals surface area (Å²) in [4.78, 5) is 0. The van der Waals surface area contributed by atoms with Gasteiger partial charge in [-0.05, 0) is 62.2 Å². The van der Waals surface area contributed by atoms with Crippen LogP contribution < -0.4 is 10.1 Å². The highest BCUT2D eigenvalue weighted by atomic mass is 35.5. The summed E-state index contributed by atoms with van der Waals surface area (Å²) in [5, 5.41) is 4.26. The molecular weight excluding hydrogens is 270 g/mol. The van der Waals surface area contributed by atoms with E-state index in [1.165, 1.54) is 5.56 Å². The molecule has 2 aromatic rings. The highest BCUT2D eigenvalue weighted by Gasteiger charge is 2.04. The summed E-state index contributed by atoms with van der Waals surface area (Å²) >= 11 is 5.89. The van der Waals surface area contributed by atoms with Crippen molar-refractivity contribution in [2.75, 3.05) is 11.9 Å². The molecule has 106 valence electrons. The minimum atomic E-state index is 0.356. The molecule has 0 heterocycles. The van der Waals surface area contributed by atoms with E-state index in [1.807, 2.05) is 43.3 Å². The Labute approximate surface area is 125 Å². The van der Waals surface area contributed by atoms with E-state index in [0.29, 0.717) is 12.6 Å². The van der Waals surface area contributed by atoms with Crippen LogP contribution in [0.5, 0.6) is 5.75 Å². The zero-order chi connectivity index (χ0) is 14.4. The molecule has 0 aromatic heterocycles. The van der Waals surface area contributed by atoms with E-state index in [-0.39, 0.29) is 0 Å². The first kappa shape index (κ1) is 14.7. The maximum Gasteiger partial charge on any atom is 0.119 e. The van der Waals surface area contributed by atoms with Crippen molar-refractivity contribution in [3.8, 4) is 5.75 Å². The van der Waals surface area contributed by atoms with Gasteiger partial charge in [-0.1, -0.05) is 23.7 Å². The van der Waals surface area contributed by atoms with E-state index in [0.717, 1.165) is 22.9 Å². The van der Waals surface area contributed by atoms with Gasteiger partial charge in [0.2, 0.25) is 0 Å². The Balaban J connectivity index is 1.90. The number of benzene rings is 2. The van der Waals surface area contributed by atoms with Crippen molar-refractivity contribution in [3.63, 3.8) is 0 Å². The van der Waals surface area contributed by atoms with Crippen LogP contribution in [-0.4, -0.2) is 12.6 Å². The second kappa shape index (κ2) is 7.20. The minimum Gasteiger partial charge on any atom is -0.494 e. The van der Waals surface area contributed by atoms with E-state index >= 15 is 0 Å². The fourth-order valence-corrected chi connectivity index (χ4v) is 2.25. The Kier molecular flexibility index (Phi) is 5.31. The third-order valence-corrected chi connectivity index (χ3v) is 3.29. The fourth-order valence-electron chi connectivity index (χ4n) is 2.12. The molecule has 0 aliphatic rings. The molecule has 1 atom stereocenters. The molecule has 0 saturated carbocycles. The minimum absolute atomic E-state index is 0.356. The maximum absolute atomic E-state index is 5.89. The van der Waals surface area contributed by atoms with Crippen molar-refractivity contribution < 1.29 is 4.74 Å². The first-order chi connectivity index (χ1) is 9.67. The molecule has 0 saturated heterocycles. The third-order valence-electron chi connectivity index (χ3n) is 3.03. The van der Waals surface area contributed by atoms with Crippen LogP contribution in [0.1, 0.15) is 19.4 Å². The molecule has 0 spiro atoms. The van der Waals surface area contributed by atoms with Gasteiger partial charge in [0.1, 0.15) is 5.75 Å². The average molecular weight is 290 g/mol. The van der Waals surface area contributed by atoms with Crippen LogP contribution in [-0.2, 0) is 6.42 Å². The predicted molar refractivity (Wildman–Crippen MR) is 85.9 cm³/mol. The van der Waals surface area contributed by atoms with Gasteiger partial charge < -0.3 is 10.1 Å². The highest BCUT2D eigenvalue weighted by molar-refractivity contribution is 6.30. The lowest BCUT2D eigenvalue weighted by Gasteiger charge is -2.16. The Morgan fingerprint density at radius 2 is 1.70 bits per heavy atom. The predicted octanol–water partition coefficient (Wildman–Crippen LogP) is 4.78. The lowest BCUT2D eigenvalue weighted by Crippen LogP contribution is -2.17. The van der Waals surface area contributed by atoms with E-state index in [4.69, 9.17) is 16.3 Å². The zero-order valence-corrected chi connectivity index (χ0v) is 12.7. The average Bonchev–Trinajstić information content (AvgIpc) is 2.44. The van der Waals surface area contributed by atoms with Gasteiger partial charge in [-0.15, -0.1) is 0 Å². The maximum atomic E-state index is 5.89. The van der Waals surface area contributed by atoms with Crippen LogP contribution >= 0.6 is 11.6 Å². The lowest BCUT2D eigenvalue weighted by molar-refractivity contribution is 0.340. The van der Waals surface area contributed by atoms with Gasteiger partial charge in [-0.3, -0.25) is 0 Å². The van der Waals surface area contributed by atoms with Crippen molar-refractivity contribution in [1.82, 2.24) is 0 Å². The Morgan fingerprint density at radius 1 is 1.05 bits per heavy atom. The fraction of sp³-hybridized carbons (Fsp3) is 0.294. The number of anilines is 1. The van der Waals surface area contributed by atoms with Gasteiger partial charge in [0.05, 0.1) is 6.61 Å². The zero-order valence-electron chi connectivity index (χ0n) is 11.9. The number of rotatable bonds is 6. The van der Waals surface area contributed by atoms with Gasteiger partial charge in [0.25, 0.3) is 0 Å². The molecule has 3 heteroatoms. The highest BCUT2D eigenvalue weighted by Crippen LogP contribution is 2.17. The van der Waals surface area contributed by atoms with Gasteiger partial charge in [0, 0.05) is 16.8 Å². The molecule has 0 bridgehead atoms. The van der Waals surface area contributed by atoms with Crippen LogP contribution in [0.4, 0.5) is 5.69 Å². The van der Waals surface area contributed by atoms with Crippen LogP contribution in [0.2, 0.25) is 5.02 Å². The molecule has 0 aliphatic heterocycles. The molecule has 2 rings (SSSR count). The van der Waals surface area contributed by atoms with Crippen molar-refractivity contribution in [1.29, 1.82) is 0 Å². The second-order valence-electron chi connectivity index (χ2n) is 4.83. The largest absolute Gasteiger partial charge is 0.494 e. The third kappa shape index (κ3) is 4.46. The van der Waals surface area contributed by atoms with E-state index < -0.39 is 0 Å². The normalized spacial score (nSPS) is 11.9. The summed E-state index contributed by atoms with van der Waals surface area (Å²) in [5.41, 5.74) is 2.38. The molecule has 1 unspecified atom stereocenters. The van der Waals surface area contributed by atoms with Gasteiger partial charge in [0.15, 0.2) is 0 Å². The van der Waals surface area contributed by atoms with Gasteiger partial charge >= 0.3 is 0 Å². The first-order valence-corrected chi connectivity index (χ1v) is 7.29. The lowest BCUT2D eigenvalue weighted by atomic mass is 10.1. The summed E-state index contributed by atoms with van der Waals surface area (Å²) in [5.74, 6) is 0.906. The molecule has 2 nitrogen and oxygen atoms in total. The van der Waals surface area contributed by atoms with Crippen LogP contribution in [0.15, 0.2) is 48.5 Å². The van der Waals surface area contributed by atoms with Crippen molar-refractivity contribution in [2.24, 2.45) is 0 Å². The molecule has 0 amide bonds. The standard InChI is InChI=1S/C17H20ClNO/c1-3-20-17-10-8-16(9-11-17)19-13(2)12-14-4-6-15(18)7-5-14/h4-11,13,19H,3,12H2,1-2H3. The number of hydrogen-bond acceptors (Lipinski definition) is 2. The van der Waals surface area contributed by atoms with Crippen molar-refractivity contribution >= 4 is 17.3 Å².